The Hall–Kier alpha value is -3.17. The topological polar surface area (TPSA) is 72.7 Å². The van der Waals surface area contributed by atoms with Crippen LogP contribution in [0.15, 0.2) is 40.9 Å². The highest BCUT2D eigenvalue weighted by Gasteiger charge is 2.25. The van der Waals surface area contributed by atoms with Gasteiger partial charge in [-0.1, -0.05) is 23.4 Å². The lowest BCUT2D eigenvalue weighted by Gasteiger charge is -2.11. The largest absolute Gasteiger partial charge is 0.502 e. The Morgan fingerprint density at radius 1 is 1.30 bits per heavy atom. The van der Waals surface area contributed by atoms with E-state index in [1.807, 2.05) is 38.1 Å². The third-order valence-corrected chi connectivity index (χ3v) is 4.59. The summed E-state index contributed by atoms with van der Waals surface area (Å²) in [4.78, 5) is 8.05. The monoisotopic (exact) mass is 361 g/mol. The fourth-order valence-corrected chi connectivity index (χ4v) is 3.38. The summed E-state index contributed by atoms with van der Waals surface area (Å²) in [7, 11) is 0. The van der Waals surface area contributed by atoms with Crippen molar-refractivity contribution in [2.24, 2.45) is 0 Å². The lowest BCUT2D eigenvalue weighted by atomic mass is 10.0. The molecule has 3 aromatic rings. The van der Waals surface area contributed by atoms with E-state index in [4.69, 9.17) is 15.8 Å². The molecular formula is C21H19N3O3. The first kappa shape index (κ1) is 17.3. The standard InChI is InChI=1S/C21H19N3O3/c1-12(2)26-19-10-7-13(11-17(19)22-3)21-23-20(24-27-21)16-6-4-5-15-14(16)8-9-18(15)25/h4-7,10-12,18,25H,8-9H2,1-2H3. The van der Waals surface area contributed by atoms with Crippen molar-refractivity contribution in [3.63, 3.8) is 0 Å². The van der Waals surface area contributed by atoms with Gasteiger partial charge in [0.2, 0.25) is 11.5 Å². The zero-order chi connectivity index (χ0) is 19.0. The molecule has 0 bridgehead atoms. The highest BCUT2D eigenvalue weighted by Crippen LogP contribution is 2.38. The van der Waals surface area contributed by atoms with Crippen LogP contribution in [-0.2, 0) is 6.42 Å². The molecule has 0 spiro atoms. The van der Waals surface area contributed by atoms with Gasteiger partial charge in [0, 0.05) is 11.1 Å². The number of aliphatic hydroxyl groups excluding tert-OH is 1. The van der Waals surface area contributed by atoms with Crippen LogP contribution in [-0.4, -0.2) is 21.4 Å². The van der Waals surface area contributed by atoms with Crippen LogP contribution in [0, 0.1) is 6.57 Å². The lowest BCUT2D eigenvalue weighted by Crippen LogP contribution is -2.05. The zero-order valence-electron chi connectivity index (χ0n) is 15.1. The van der Waals surface area contributed by atoms with Crippen molar-refractivity contribution >= 4 is 5.69 Å². The van der Waals surface area contributed by atoms with Gasteiger partial charge in [0.1, 0.15) is 5.75 Å². The molecule has 4 rings (SSSR count). The van der Waals surface area contributed by atoms with Crippen LogP contribution in [0.25, 0.3) is 27.7 Å². The second-order valence-corrected chi connectivity index (χ2v) is 6.81. The van der Waals surface area contributed by atoms with E-state index < -0.39 is 6.10 Å². The molecule has 1 aromatic heterocycles. The van der Waals surface area contributed by atoms with Crippen LogP contribution >= 0.6 is 0 Å². The molecule has 0 radical (unpaired) electrons. The number of ether oxygens (including phenoxy) is 1. The van der Waals surface area contributed by atoms with Gasteiger partial charge >= 0.3 is 0 Å². The second kappa shape index (κ2) is 6.86. The molecule has 1 aliphatic carbocycles. The van der Waals surface area contributed by atoms with Gasteiger partial charge in [-0.2, -0.15) is 4.98 Å². The fraction of sp³-hybridized carbons (Fsp3) is 0.286. The van der Waals surface area contributed by atoms with Gasteiger partial charge in [-0.05, 0) is 56.0 Å². The van der Waals surface area contributed by atoms with Crippen molar-refractivity contribution in [2.45, 2.75) is 38.9 Å². The van der Waals surface area contributed by atoms with E-state index in [0.717, 1.165) is 23.1 Å². The minimum atomic E-state index is -0.430. The van der Waals surface area contributed by atoms with E-state index >= 15 is 0 Å². The van der Waals surface area contributed by atoms with E-state index in [0.29, 0.717) is 35.1 Å². The van der Waals surface area contributed by atoms with Crippen LogP contribution in [0.1, 0.15) is 37.5 Å². The molecule has 1 N–H and O–H groups in total. The number of hydrogen-bond donors (Lipinski definition) is 1. The molecule has 1 aliphatic rings. The molecule has 2 aromatic carbocycles. The van der Waals surface area contributed by atoms with Gasteiger partial charge in [-0.15, -0.1) is 0 Å². The Morgan fingerprint density at radius 2 is 2.15 bits per heavy atom. The summed E-state index contributed by atoms with van der Waals surface area (Å²) in [5.74, 6) is 1.38. The van der Waals surface area contributed by atoms with Crippen LogP contribution in [0.5, 0.6) is 5.75 Å². The fourth-order valence-electron chi connectivity index (χ4n) is 3.38. The molecule has 0 saturated heterocycles. The molecule has 1 atom stereocenters. The first-order valence-corrected chi connectivity index (χ1v) is 8.89. The van der Waals surface area contributed by atoms with Crippen LogP contribution in [0.2, 0.25) is 0 Å². The quantitative estimate of drug-likeness (QED) is 0.681. The first-order valence-electron chi connectivity index (χ1n) is 8.89. The number of benzene rings is 2. The number of nitrogens with zero attached hydrogens (tertiary/aromatic N) is 3. The minimum Gasteiger partial charge on any atom is -0.502 e. The van der Waals surface area contributed by atoms with Crippen molar-refractivity contribution in [1.29, 1.82) is 0 Å². The lowest BCUT2D eigenvalue weighted by molar-refractivity contribution is 0.180. The van der Waals surface area contributed by atoms with Gasteiger partial charge in [-0.25, -0.2) is 4.85 Å². The Balaban J connectivity index is 1.69. The summed E-state index contributed by atoms with van der Waals surface area (Å²) in [6, 6.07) is 11.0. The third-order valence-electron chi connectivity index (χ3n) is 4.59. The van der Waals surface area contributed by atoms with E-state index in [-0.39, 0.29) is 6.10 Å². The Kier molecular flexibility index (Phi) is 4.38. The van der Waals surface area contributed by atoms with Gasteiger partial charge in [-0.3, -0.25) is 0 Å². The SMILES string of the molecule is [C-]#[N+]c1cc(-c2nc(-c3cccc4c3CCC4O)no2)ccc1OC(C)C. The zero-order valence-corrected chi connectivity index (χ0v) is 15.1. The molecule has 0 saturated carbocycles. The number of fused-ring (bicyclic) bond motifs is 1. The van der Waals surface area contributed by atoms with Crippen molar-refractivity contribution in [3.05, 3.63) is 58.9 Å². The summed E-state index contributed by atoms with van der Waals surface area (Å²) in [5, 5.41) is 14.2. The van der Waals surface area contributed by atoms with Crippen molar-refractivity contribution in [3.8, 4) is 28.6 Å². The van der Waals surface area contributed by atoms with Gasteiger partial charge in [0.25, 0.3) is 5.89 Å². The van der Waals surface area contributed by atoms with Crippen LogP contribution in [0.3, 0.4) is 0 Å². The Bertz CT molecular complexity index is 1030. The van der Waals surface area contributed by atoms with E-state index in [1.54, 1.807) is 12.1 Å². The van der Waals surface area contributed by atoms with Crippen molar-refractivity contribution < 1.29 is 14.4 Å². The van der Waals surface area contributed by atoms with Gasteiger partial charge in [0.05, 0.1) is 18.8 Å². The Morgan fingerprint density at radius 3 is 2.93 bits per heavy atom. The maximum absolute atomic E-state index is 10.1. The van der Waals surface area contributed by atoms with Crippen molar-refractivity contribution in [2.75, 3.05) is 0 Å². The summed E-state index contributed by atoms with van der Waals surface area (Å²) in [5.41, 5.74) is 3.96. The van der Waals surface area contributed by atoms with Crippen LogP contribution in [0.4, 0.5) is 5.69 Å². The van der Waals surface area contributed by atoms with E-state index in [1.165, 1.54) is 0 Å². The summed E-state index contributed by atoms with van der Waals surface area (Å²) >= 11 is 0. The molecule has 136 valence electrons. The molecule has 6 heteroatoms. The van der Waals surface area contributed by atoms with Gasteiger partial charge < -0.3 is 14.4 Å². The average molecular weight is 361 g/mol. The maximum atomic E-state index is 10.1. The Labute approximate surface area is 157 Å². The third kappa shape index (κ3) is 3.18. The predicted molar refractivity (Wildman–Crippen MR) is 100 cm³/mol. The first-order chi connectivity index (χ1) is 13.1. The molecule has 0 aliphatic heterocycles. The minimum absolute atomic E-state index is 0.0121. The molecule has 6 nitrogen and oxygen atoms in total. The molecule has 1 unspecified atom stereocenters. The van der Waals surface area contributed by atoms with Crippen molar-refractivity contribution in [1.82, 2.24) is 10.1 Å². The summed E-state index contributed by atoms with van der Waals surface area (Å²) in [6.07, 6.45) is 1.06. The summed E-state index contributed by atoms with van der Waals surface area (Å²) < 4.78 is 11.1. The average Bonchev–Trinajstić information content (AvgIpc) is 3.29. The number of aromatic nitrogens is 2. The predicted octanol–water partition coefficient (Wildman–Crippen LogP) is 4.72. The molecule has 0 amide bonds. The molecule has 1 heterocycles. The van der Waals surface area contributed by atoms with E-state index in [2.05, 4.69) is 15.0 Å². The summed E-state index contributed by atoms with van der Waals surface area (Å²) in [6.45, 7) is 11.2. The smallest absolute Gasteiger partial charge is 0.256 e. The number of aliphatic hydroxyl groups is 1. The normalized spacial score (nSPS) is 15.6. The van der Waals surface area contributed by atoms with E-state index in [9.17, 15) is 5.11 Å². The van der Waals surface area contributed by atoms with Gasteiger partial charge in [0.15, 0.2) is 0 Å². The molecular weight excluding hydrogens is 342 g/mol. The molecule has 0 fully saturated rings. The highest BCUT2D eigenvalue weighted by molar-refractivity contribution is 5.70. The molecule has 27 heavy (non-hydrogen) atoms. The highest BCUT2D eigenvalue weighted by atomic mass is 16.5. The number of rotatable bonds is 4. The number of hydrogen-bond acceptors (Lipinski definition) is 5. The second-order valence-electron chi connectivity index (χ2n) is 6.81. The van der Waals surface area contributed by atoms with Crippen LogP contribution < -0.4 is 4.74 Å². The maximum Gasteiger partial charge on any atom is 0.256 e.